The number of likely N-dealkylation sites (tertiary alicyclic amines) is 1. The number of aromatic nitrogens is 1. The third-order valence-electron chi connectivity index (χ3n) is 2.55. The van der Waals surface area contributed by atoms with Crippen LogP contribution in [0.2, 0.25) is 0 Å². The molecule has 0 aromatic carbocycles. The minimum absolute atomic E-state index is 0.0166. The molecular weight excluding hydrogens is 198 g/mol. The van der Waals surface area contributed by atoms with Gasteiger partial charge in [-0.05, 0) is 19.8 Å². The molecule has 2 rings (SSSR count). The Kier molecular flexibility index (Phi) is 2.41. The van der Waals surface area contributed by atoms with Gasteiger partial charge in [0.15, 0.2) is 5.13 Å². The van der Waals surface area contributed by atoms with E-state index in [-0.39, 0.29) is 5.91 Å². The summed E-state index contributed by atoms with van der Waals surface area (Å²) in [5.41, 5.74) is 5.97. The van der Waals surface area contributed by atoms with Crippen LogP contribution in [0.1, 0.15) is 30.3 Å². The van der Waals surface area contributed by atoms with Gasteiger partial charge >= 0.3 is 0 Å². The highest BCUT2D eigenvalue weighted by atomic mass is 32.1. The van der Waals surface area contributed by atoms with Gasteiger partial charge in [-0.25, -0.2) is 4.98 Å². The predicted octanol–water partition coefficient (Wildman–Crippen LogP) is 1.35. The molecule has 4 nitrogen and oxygen atoms in total. The zero-order chi connectivity index (χ0) is 10.1. The molecule has 0 aliphatic carbocycles. The number of hydrogen-bond donors (Lipinski definition) is 1. The average molecular weight is 211 g/mol. The molecule has 0 saturated carbocycles. The van der Waals surface area contributed by atoms with Crippen molar-refractivity contribution in [1.82, 2.24) is 9.88 Å². The van der Waals surface area contributed by atoms with Crippen LogP contribution in [0.25, 0.3) is 0 Å². The van der Waals surface area contributed by atoms with Crippen LogP contribution in [-0.4, -0.2) is 28.4 Å². The number of carbonyl (C=O) groups is 1. The second-order valence-electron chi connectivity index (χ2n) is 3.56. The Bertz CT molecular complexity index is 350. The molecule has 2 heterocycles. The molecule has 1 fully saturated rings. The molecule has 5 heteroatoms. The number of nitrogens with two attached hydrogens (primary N) is 1. The molecule has 1 amide bonds. The maximum Gasteiger partial charge on any atom is 0.273 e. The molecule has 76 valence electrons. The Labute approximate surface area is 86.7 Å². The molecular formula is C9H13N3OS. The van der Waals surface area contributed by atoms with Crippen LogP contribution in [0.15, 0.2) is 5.38 Å². The van der Waals surface area contributed by atoms with Crippen molar-refractivity contribution in [3.63, 3.8) is 0 Å². The summed E-state index contributed by atoms with van der Waals surface area (Å²) in [4.78, 5) is 17.7. The summed E-state index contributed by atoms with van der Waals surface area (Å²) >= 11 is 1.31. The van der Waals surface area contributed by atoms with Crippen molar-refractivity contribution in [1.29, 1.82) is 0 Å². The zero-order valence-electron chi connectivity index (χ0n) is 8.06. The number of amides is 1. The van der Waals surface area contributed by atoms with Gasteiger partial charge < -0.3 is 10.6 Å². The fraction of sp³-hybridized carbons (Fsp3) is 0.556. The van der Waals surface area contributed by atoms with Gasteiger partial charge in [-0.3, -0.25) is 4.79 Å². The maximum absolute atomic E-state index is 11.9. The number of carbonyl (C=O) groups excluding carboxylic acids is 1. The molecule has 1 saturated heterocycles. The molecule has 2 N–H and O–H groups in total. The van der Waals surface area contributed by atoms with E-state index in [9.17, 15) is 4.79 Å². The van der Waals surface area contributed by atoms with Gasteiger partial charge in [-0.1, -0.05) is 0 Å². The lowest BCUT2D eigenvalue weighted by Crippen LogP contribution is -2.33. The SMILES string of the molecule is CC1CCCN1C(=O)c1csc(N)n1. The van der Waals surface area contributed by atoms with Crippen molar-refractivity contribution < 1.29 is 4.79 Å². The van der Waals surface area contributed by atoms with Crippen molar-refractivity contribution in [2.75, 3.05) is 12.3 Å². The second kappa shape index (κ2) is 3.57. The van der Waals surface area contributed by atoms with Gasteiger partial charge in [-0.2, -0.15) is 0 Å². The first-order valence-corrected chi connectivity index (χ1v) is 5.58. The van der Waals surface area contributed by atoms with E-state index < -0.39 is 0 Å². The highest BCUT2D eigenvalue weighted by Crippen LogP contribution is 2.20. The number of anilines is 1. The Morgan fingerprint density at radius 3 is 3.07 bits per heavy atom. The molecule has 1 unspecified atom stereocenters. The number of rotatable bonds is 1. The molecule has 1 aliphatic rings. The van der Waals surface area contributed by atoms with E-state index in [1.54, 1.807) is 5.38 Å². The monoisotopic (exact) mass is 211 g/mol. The first kappa shape index (κ1) is 9.45. The minimum Gasteiger partial charge on any atom is -0.375 e. The summed E-state index contributed by atoms with van der Waals surface area (Å²) in [5, 5.41) is 2.18. The summed E-state index contributed by atoms with van der Waals surface area (Å²) < 4.78 is 0. The summed E-state index contributed by atoms with van der Waals surface area (Å²) in [7, 11) is 0. The highest BCUT2D eigenvalue weighted by Gasteiger charge is 2.27. The van der Waals surface area contributed by atoms with E-state index in [4.69, 9.17) is 5.73 Å². The summed E-state index contributed by atoms with van der Waals surface area (Å²) in [6.45, 7) is 2.91. The third kappa shape index (κ3) is 1.59. The van der Waals surface area contributed by atoms with Crippen molar-refractivity contribution in [2.24, 2.45) is 0 Å². The van der Waals surface area contributed by atoms with Crippen molar-refractivity contribution in [2.45, 2.75) is 25.8 Å². The van der Waals surface area contributed by atoms with Crippen LogP contribution in [0.5, 0.6) is 0 Å². The number of hydrogen-bond acceptors (Lipinski definition) is 4. The van der Waals surface area contributed by atoms with E-state index in [0.29, 0.717) is 16.9 Å². The molecule has 0 spiro atoms. The van der Waals surface area contributed by atoms with Crippen LogP contribution in [0.3, 0.4) is 0 Å². The Hall–Kier alpha value is -1.10. The van der Waals surface area contributed by atoms with Gasteiger partial charge in [-0.15, -0.1) is 11.3 Å². The molecule has 1 aliphatic heterocycles. The highest BCUT2D eigenvalue weighted by molar-refractivity contribution is 7.13. The van der Waals surface area contributed by atoms with Gasteiger partial charge in [0.05, 0.1) is 0 Å². The number of thiazole rings is 1. The Morgan fingerprint density at radius 2 is 2.57 bits per heavy atom. The van der Waals surface area contributed by atoms with Crippen LogP contribution in [0, 0.1) is 0 Å². The largest absolute Gasteiger partial charge is 0.375 e. The first-order chi connectivity index (χ1) is 6.68. The standard InChI is InChI=1S/C9H13N3OS/c1-6-3-2-4-12(6)8(13)7-5-14-9(10)11-7/h5-6H,2-4H2,1H3,(H2,10,11). The van der Waals surface area contributed by atoms with Gasteiger partial charge in [0.1, 0.15) is 5.69 Å². The van der Waals surface area contributed by atoms with Crippen LogP contribution >= 0.6 is 11.3 Å². The minimum atomic E-state index is 0.0166. The average Bonchev–Trinajstić information content (AvgIpc) is 2.73. The predicted molar refractivity (Wildman–Crippen MR) is 56.3 cm³/mol. The van der Waals surface area contributed by atoms with Crippen LogP contribution in [-0.2, 0) is 0 Å². The molecule has 0 radical (unpaired) electrons. The zero-order valence-corrected chi connectivity index (χ0v) is 8.88. The molecule has 1 atom stereocenters. The van der Waals surface area contributed by atoms with Crippen molar-refractivity contribution in [3.05, 3.63) is 11.1 Å². The lowest BCUT2D eigenvalue weighted by molar-refractivity contribution is 0.0742. The van der Waals surface area contributed by atoms with E-state index in [2.05, 4.69) is 11.9 Å². The normalized spacial score (nSPS) is 21.5. The van der Waals surface area contributed by atoms with Crippen molar-refractivity contribution in [3.8, 4) is 0 Å². The number of nitrogens with zero attached hydrogens (tertiary/aromatic N) is 2. The fourth-order valence-electron chi connectivity index (χ4n) is 1.77. The summed E-state index contributed by atoms with van der Waals surface area (Å²) in [6.07, 6.45) is 2.18. The van der Waals surface area contributed by atoms with Gasteiger partial charge in [0.2, 0.25) is 0 Å². The maximum atomic E-state index is 11.9. The topological polar surface area (TPSA) is 59.2 Å². The lowest BCUT2D eigenvalue weighted by Gasteiger charge is -2.19. The molecule has 1 aromatic rings. The van der Waals surface area contributed by atoms with Crippen LogP contribution in [0.4, 0.5) is 5.13 Å². The fourth-order valence-corrected chi connectivity index (χ4v) is 2.30. The Balaban J connectivity index is 2.15. The van der Waals surface area contributed by atoms with Gasteiger partial charge in [0.25, 0.3) is 5.91 Å². The van der Waals surface area contributed by atoms with Crippen LogP contribution < -0.4 is 5.73 Å². The number of nitrogen functional groups attached to an aromatic ring is 1. The first-order valence-electron chi connectivity index (χ1n) is 4.70. The third-order valence-corrected chi connectivity index (χ3v) is 3.23. The van der Waals surface area contributed by atoms with E-state index in [0.717, 1.165) is 19.4 Å². The van der Waals surface area contributed by atoms with E-state index in [1.165, 1.54) is 11.3 Å². The molecule has 0 bridgehead atoms. The smallest absolute Gasteiger partial charge is 0.273 e. The van der Waals surface area contributed by atoms with E-state index >= 15 is 0 Å². The second-order valence-corrected chi connectivity index (χ2v) is 4.45. The lowest BCUT2D eigenvalue weighted by atomic mass is 10.2. The summed E-state index contributed by atoms with van der Waals surface area (Å²) in [5.74, 6) is 0.0166. The van der Waals surface area contributed by atoms with Gasteiger partial charge in [0, 0.05) is 18.0 Å². The summed E-state index contributed by atoms with van der Waals surface area (Å²) in [6, 6.07) is 0.338. The quantitative estimate of drug-likeness (QED) is 0.762. The molecule has 14 heavy (non-hydrogen) atoms. The Morgan fingerprint density at radius 1 is 1.79 bits per heavy atom. The van der Waals surface area contributed by atoms with E-state index in [1.807, 2.05) is 4.90 Å². The molecule has 1 aromatic heterocycles. The van der Waals surface area contributed by atoms with Crippen molar-refractivity contribution >= 4 is 22.4 Å².